The summed E-state index contributed by atoms with van der Waals surface area (Å²) in [7, 11) is 0. The normalized spacial score (nSPS) is 12.5. The van der Waals surface area contributed by atoms with Crippen molar-refractivity contribution < 1.29 is 15.0 Å². The smallest absolute Gasteiger partial charge is 0.332 e. The molecule has 1 atom stereocenters. The Kier molecular flexibility index (Phi) is 3.28. The Morgan fingerprint density at radius 1 is 1.54 bits per heavy atom. The predicted molar refractivity (Wildman–Crippen MR) is 48.8 cm³/mol. The fourth-order valence-corrected chi connectivity index (χ4v) is 1.19. The number of benzene rings is 1. The maximum atomic E-state index is 10.3. The molecule has 0 bridgehead atoms. The van der Waals surface area contributed by atoms with Crippen LogP contribution in [0.3, 0.4) is 0 Å². The number of aliphatic hydroxyl groups is 1. The van der Waals surface area contributed by atoms with Gasteiger partial charge in [-0.25, -0.2) is 4.79 Å². The second-order valence-corrected chi connectivity index (χ2v) is 3.12. The molecule has 1 aromatic carbocycles. The van der Waals surface area contributed by atoms with E-state index < -0.39 is 12.1 Å². The first kappa shape index (κ1) is 10.0. The van der Waals surface area contributed by atoms with Crippen molar-refractivity contribution in [3.05, 3.63) is 34.9 Å². The first-order valence-corrected chi connectivity index (χ1v) is 4.12. The van der Waals surface area contributed by atoms with E-state index in [1.165, 1.54) is 0 Å². The maximum absolute atomic E-state index is 10.3. The summed E-state index contributed by atoms with van der Waals surface area (Å²) in [5.74, 6) is -1.22. The van der Waals surface area contributed by atoms with Gasteiger partial charge in [-0.05, 0) is 17.7 Å². The van der Waals surface area contributed by atoms with E-state index in [1.807, 2.05) is 0 Å². The van der Waals surface area contributed by atoms with Gasteiger partial charge in [-0.1, -0.05) is 23.7 Å². The maximum Gasteiger partial charge on any atom is 0.332 e. The van der Waals surface area contributed by atoms with Gasteiger partial charge in [0.15, 0.2) is 6.10 Å². The van der Waals surface area contributed by atoms with Gasteiger partial charge in [0, 0.05) is 11.4 Å². The summed E-state index contributed by atoms with van der Waals surface area (Å²) in [6.07, 6.45) is -1.28. The summed E-state index contributed by atoms with van der Waals surface area (Å²) in [5, 5.41) is 18.0. The van der Waals surface area contributed by atoms with E-state index in [-0.39, 0.29) is 6.42 Å². The minimum atomic E-state index is -1.36. The van der Waals surface area contributed by atoms with Crippen molar-refractivity contribution >= 4 is 17.6 Å². The van der Waals surface area contributed by atoms with Gasteiger partial charge < -0.3 is 10.2 Å². The Labute approximate surface area is 80.6 Å². The molecule has 0 aliphatic heterocycles. The number of hydrogen-bond donors (Lipinski definition) is 2. The van der Waals surface area contributed by atoms with Crippen LogP contribution in [-0.4, -0.2) is 22.3 Å². The SMILES string of the molecule is O=C(O)[C@H](O)Cc1cccc(Cl)c1. The molecule has 2 N–H and O–H groups in total. The lowest BCUT2D eigenvalue weighted by Gasteiger charge is -2.04. The lowest BCUT2D eigenvalue weighted by atomic mass is 10.1. The number of carboxylic acids is 1. The molecular weight excluding hydrogens is 192 g/mol. The molecule has 13 heavy (non-hydrogen) atoms. The van der Waals surface area contributed by atoms with Crippen molar-refractivity contribution in [1.29, 1.82) is 0 Å². The molecule has 0 aliphatic rings. The van der Waals surface area contributed by atoms with Gasteiger partial charge in [-0.3, -0.25) is 0 Å². The van der Waals surface area contributed by atoms with Crippen LogP contribution < -0.4 is 0 Å². The Morgan fingerprint density at radius 2 is 2.23 bits per heavy atom. The zero-order valence-electron chi connectivity index (χ0n) is 6.77. The third-order valence-corrected chi connectivity index (χ3v) is 1.84. The second-order valence-electron chi connectivity index (χ2n) is 2.69. The van der Waals surface area contributed by atoms with Gasteiger partial charge in [-0.2, -0.15) is 0 Å². The number of hydrogen-bond acceptors (Lipinski definition) is 2. The molecule has 0 saturated heterocycles. The van der Waals surface area contributed by atoms with Crippen molar-refractivity contribution in [1.82, 2.24) is 0 Å². The molecule has 1 aromatic rings. The number of carboxylic acid groups (broad SMARTS) is 1. The number of halogens is 1. The van der Waals surface area contributed by atoms with Crippen LogP contribution >= 0.6 is 11.6 Å². The Hall–Kier alpha value is -1.06. The van der Waals surface area contributed by atoms with E-state index in [2.05, 4.69) is 0 Å². The van der Waals surface area contributed by atoms with Gasteiger partial charge in [0.1, 0.15) is 0 Å². The lowest BCUT2D eigenvalue weighted by molar-refractivity contribution is -0.146. The van der Waals surface area contributed by atoms with E-state index in [0.29, 0.717) is 10.6 Å². The highest BCUT2D eigenvalue weighted by molar-refractivity contribution is 6.30. The van der Waals surface area contributed by atoms with E-state index in [4.69, 9.17) is 21.8 Å². The minimum absolute atomic E-state index is 0.0793. The first-order valence-electron chi connectivity index (χ1n) is 3.75. The molecule has 0 saturated carbocycles. The van der Waals surface area contributed by atoms with E-state index >= 15 is 0 Å². The van der Waals surface area contributed by atoms with Gasteiger partial charge in [0.2, 0.25) is 0 Å². The fraction of sp³-hybridized carbons (Fsp3) is 0.222. The topological polar surface area (TPSA) is 57.5 Å². The van der Waals surface area contributed by atoms with Crippen LogP contribution in [0.25, 0.3) is 0 Å². The Balaban J connectivity index is 2.69. The average molecular weight is 201 g/mol. The zero-order chi connectivity index (χ0) is 9.84. The Bertz CT molecular complexity index is 311. The summed E-state index contributed by atoms with van der Waals surface area (Å²) in [5.41, 5.74) is 0.711. The molecule has 0 spiro atoms. The van der Waals surface area contributed by atoms with Gasteiger partial charge in [-0.15, -0.1) is 0 Å². The highest BCUT2D eigenvalue weighted by Gasteiger charge is 2.13. The summed E-state index contributed by atoms with van der Waals surface area (Å²) >= 11 is 5.68. The van der Waals surface area contributed by atoms with Crippen LogP contribution in [0.2, 0.25) is 5.02 Å². The monoisotopic (exact) mass is 200 g/mol. The highest BCUT2D eigenvalue weighted by atomic mass is 35.5. The molecule has 0 aromatic heterocycles. The molecule has 0 amide bonds. The van der Waals surface area contributed by atoms with Crippen molar-refractivity contribution in [2.24, 2.45) is 0 Å². The van der Waals surface area contributed by atoms with Crippen molar-refractivity contribution in [2.45, 2.75) is 12.5 Å². The van der Waals surface area contributed by atoms with Crippen LogP contribution in [0.1, 0.15) is 5.56 Å². The number of rotatable bonds is 3. The van der Waals surface area contributed by atoms with Crippen molar-refractivity contribution in [3.63, 3.8) is 0 Å². The second kappa shape index (κ2) is 4.25. The van der Waals surface area contributed by atoms with Gasteiger partial charge in [0.25, 0.3) is 0 Å². The lowest BCUT2D eigenvalue weighted by Crippen LogP contribution is -2.21. The summed E-state index contributed by atoms with van der Waals surface area (Å²) in [6, 6.07) is 6.76. The quantitative estimate of drug-likeness (QED) is 0.774. The molecule has 0 fully saturated rings. The van der Waals surface area contributed by atoms with Crippen LogP contribution in [0, 0.1) is 0 Å². The van der Waals surface area contributed by atoms with E-state index in [1.54, 1.807) is 24.3 Å². The molecule has 0 heterocycles. The van der Waals surface area contributed by atoms with Crippen LogP contribution in [0.4, 0.5) is 0 Å². The van der Waals surface area contributed by atoms with Crippen LogP contribution in [-0.2, 0) is 11.2 Å². The summed E-state index contributed by atoms with van der Waals surface area (Å²) < 4.78 is 0. The van der Waals surface area contributed by atoms with Crippen LogP contribution in [0.15, 0.2) is 24.3 Å². The molecule has 70 valence electrons. The standard InChI is InChI=1S/C9H9ClO3/c10-7-3-1-2-6(4-7)5-8(11)9(12)13/h1-4,8,11H,5H2,(H,12,13)/t8-/m1/s1. The van der Waals surface area contributed by atoms with E-state index in [0.717, 1.165) is 0 Å². The van der Waals surface area contributed by atoms with Crippen molar-refractivity contribution in [2.75, 3.05) is 0 Å². The average Bonchev–Trinajstić information content (AvgIpc) is 2.04. The largest absolute Gasteiger partial charge is 0.479 e. The first-order chi connectivity index (χ1) is 6.09. The highest BCUT2D eigenvalue weighted by Crippen LogP contribution is 2.12. The molecule has 4 heteroatoms. The number of carbonyl (C=O) groups is 1. The molecular formula is C9H9ClO3. The minimum Gasteiger partial charge on any atom is -0.479 e. The molecule has 0 aliphatic carbocycles. The summed E-state index contributed by atoms with van der Waals surface area (Å²) in [4.78, 5) is 10.3. The molecule has 3 nitrogen and oxygen atoms in total. The van der Waals surface area contributed by atoms with Crippen molar-refractivity contribution in [3.8, 4) is 0 Å². The third-order valence-electron chi connectivity index (χ3n) is 1.60. The Morgan fingerprint density at radius 3 is 2.77 bits per heavy atom. The zero-order valence-corrected chi connectivity index (χ0v) is 7.53. The van der Waals surface area contributed by atoms with Gasteiger partial charge in [0.05, 0.1) is 0 Å². The molecule has 0 unspecified atom stereocenters. The molecule has 0 radical (unpaired) electrons. The number of aliphatic hydroxyl groups excluding tert-OH is 1. The molecule has 1 rings (SSSR count). The number of aliphatic carboxylic acids is 1. The predicted octanol–water partition coefficient (Wildman–Crippen LogP) is 1.33. The fourth-order valence-electron chi connectivity index (χ4n) is 0.975. The van der Waals surface area contributed by atoms with Crippen LogP contribution in [0.5, 0.6) is 0 Å². The summed E-state index contributed by atoms with van der Waals surface area (Å²) in [6.45, 7) is 0. The third kappa shape index (κ3) is 3.05. The van der Waals surface area contributed by atoms with E-state index in [9.17, 15) is 4.79 Å². The van der Waals surface area contributed by atoms with Gasteiger partial charge >= 0.3 is 5.97 Å².